The fourth-order valence-electron chi connectivity index (χ4n) is 1.40. The van der Waals surface area contributed by atoms with Crippen LogP contribution < -0.4 is 0 Å². The van der Waals surface area contributed by atoms with E-state index in [0.29, 0.717) is 10.8 Å². The summed E-state index contributed by atoms with van der Waals surface area (Å²) in [6.07, 6.45) is -3.04. The number of carbonyl (C=O) groups is 1. The lowest BCUT2D eigenvalue weighted by molar-refractivity contribution is -0.139. The Bertz CT molecular complexity index is 562. The first kappa shape index (κ1) is 11.1. The number of halogens is 4. The van der Waals surface area contributed by atoms with Crippen LogP contribution in [0.4, 0.5) is 13.2 Å². The van der Waals surface area contributed by atoms with Crippen molar-refractivity contribution in [2.75, 3.05) is 0 Å². The SMILES string of the molecule is O=Cc1cc2c(C(F)(F)F)ncc(Br)c2[nH]1. The molecule has 7 heteroatoms. The van der Waals surface area contributed by atoms with Crippen molar-refractivity contribution in [2.24, 2.45) is 0 Å². The van der Waals surface area contributed by atoms with Crippen LogP contribution >= 0.6 is 15.9 Å². The quantitative estimate of drug-likeness (QED) is 0.821. The molecule has 2 aromatic heterocycles. The van der Waals surface area contributed by atoms with Gasteiger partial charge in [-0.05, 0) is 22.0 Å². The Balaban J connectivity index is 2.82. The van der Waals surface area contributed by atoms with E-state index in [2.05, 4.69) is 25.9 Å². The molecule has 0 saturated heterocycles. The smallest absolute Gasteiger partial charge is 0.351 e. The van der Waals surface area contributed by atoms with Gasteiger partial charge in [-0.1, -0.05) is 0 Å². The van der Waals surface area contributed by atoms with Gasteiger partial charge in [0.05, 0.1) is 15.7 Å². The van der Waals surface area contributed by atoms with Crippen molar-refractivity contribution in [3.8, 4) is 0 Å². The summed E-state index contributed by atoms with van der Waals surface area (Å²) >= 11 is 3.06. The van der Waals surface area contributed by atoms with Gasteiger partial charge in [-0.15, -0.1) is 0 Å². The van der Waals surface area contributed by atoms with Gasteiger partial charge >= 0.3 is 6.18 Å². The Labute approximate surface area is 95.8 Å². The maximum absolute atomic E-state index is 12.6. The number of hydrogen-bond donors (Lipinski definition) is 1. The molecule has 2 heterocycles. The average molecular weight is 293 g/mol. The number of H-pyrrole nitrogens is 1. The molecule has 0 unspecified atom stereocenters. The highest BCUT2D eigenvalue weighted by Gasteiger charge is 2.35. The molecule has 0 amide bonds. The van der Waals surface area contributed by atoms with Gasteiger partial charge in [0, 0.05) is 11.6 Å². The van der Waals surface area contributed by atoms with Gasteiger partial charge in [-0.2, -0.15) is 13.2 Å². The van der Waals surface area contributed by atoms with E-state index in [0.717, 1.165) is 12.3 Å². The van der Waals surface area contributed by atoms with E-state index in [4.69, 9.17) is 0 Å². The van der Waals surface area contributed by atoms with Crippen LogP contribution in [0.25, 0.3) is 10.9 Å². The van der Waals surface area contributed by atoms with E-state index >= 15 is 0 Å². The summed E-state index contributed by atoms with van der Waals surface area (Å²) in [6, 6.07) is 1.13. The van der Waals surface area contributed by atoms with E-state index < -0.39 is 11.9 Å². The van der Waals surface area contributed by atoms with Crippen molar-refractivity contribution < 1.29 is 18.0 Å². The molecule has 0 saturated carbocycles. The molecule has 16 heavy (non-hydrogen) atoms. The Kier molecular flexibility index (Phi) is 2.49. The fourth-order valence-corrected chi connectivity index (χ4v) is 1.81. The van der Waals surface area contributed by atoms with Crippen LogP contribution in [0.1, 0.15) is 16.2 Å². The highest BCUT2D eigenvalue weighted by molar-refractivity contribution is 9.10. The van der Waals surface area contributed by atoms with Crippen LogP contribution in [-0.2, 0) is 6.18 Å². The van der Waals surface area contributed by atoms with Crippen LogP contribution in [0.15, 0.2) is 16.7 Å². The Morgan fingerprint density at radius 2 is 2.12 bits per heavy atom. The summed E-state index contributed by atoms with van der Waals surface area (Å²) in [4.78, 5) is 16.4. The number of aldehydes is 1. The molecule has 0 atom stereocenters. The molecule has 1 N–H and O–H groups in total. The maximum atomic E-state index is 12.6. The summed E-state index contributed by atoms with van der Waals surface area (Å²) in [6.45, 7) is 0. The van der Waals surface area contributed by atoms with Gasteiger partial charge in [0.15, 0.2) is 12.0 Å². The summed E-state index contributed by atoms with van der Waals surface area (Å²) in [5.41, 5.74) is -0.714. The maximum Gasteiger partial charge on any atom is 0.434 e. The second-order valence-corrected chi connectivity index (χ2v) is 3.94. The summed E-state index contributed by atoms with van der Waals surface area (Å²) in [7, 11) is 0. The Morgan fingerprint density at radius 3 is 2.69 bits per heavy atom. The number of nitrogens with one attached hydrogen (secondary N) is 1. The first-order valence-electron chi connectivity index (χ1n) is 4.13. The molecule has 84 valence electrons. The van der Waals surface area contributed by atoms with Gasteiger partial charge in [0.25, 0.3) is 0 Å². The molecule has 0 aliphatic rings. The summed E-state index contributed by atoms with van der Waals surface area (Å²) < 4.78 is 38.1. The van der Waals surface area contributed by atoms with E-state index in [1.54, 1.807) is 0 Å². The molecule has 0 aromatic carbocycles. The second-order valence-electron chi connectivity index (χ2n) is 3.08. The summed E-state index contributed by atoms with van der Waals surface area (Å²) in [5.74, 6) is 0. The number of fused-ring (bicyclic) bond motifs is 1. The number of alkyl halides is 3. The highest BCUT2D eigenvalue weighted by atomic mass is 79.9. The van der Waals surface area contributed by atoms with Gasteiger partial charge in [-0.3, -0.25) is 4.79 Å². The molecule has 0 spiro atoms. The number of carbonyl (C=O) groups excluding carboxylic acids is 1. The van der Waals surface area contributed by atoms with Crippen molar-refractivity contribution >= 4 is 33.1 Å². The first-order chi connectivity index (χ1) is 7.43. The van der Waals surface area contributed by atoms with Crippen molar-refractivity contribution in [1.29, 1.82) is 0 Å². The minimum absolute atomic E-state index is 0.0780. The van der Waals surface area contributed by atoms with Gasteiger partial charge in [-0.25, -0.2) is 4.98 Å². The molecule has 0 aliphatic heterocycles. The van der Waals surface area contributed by atoms with E-state index in [1.165, 1.54) is 0 Å². The largest absolute Gasteiger partial charge is 0.434 e. The molecule has 2 rings (SSSR count). The van der Waals surface area contributed by atoms with Crippen molar-refractivity contribution in [1.82, 2.24) is 9.97 Å². The zero-order valence-corrected chi connectivity index (χ0v) is 9.19. The lowest BCUT2D eigenvalue weighted by atomic mass is 10.2. The zero-order valence-electron chi connectivity index (χ0n) is 7.60. The molecule has 2 aromatic rings. The first-order valence-corrected chi connectivity index (χ1v) is 4.92. The van der Waals surface area contributed by atoms with Crippen LogP contribution in [-0.4, -0.2) is 16.3 Å². The number of hydrogen-bond acceptors (Lipinski definition) is 2. The third-order valence-electron chi connectivity index (χ3n) is 2.03. The zero-order chi connectivity index (χ0) is 11.9. The van der Waals surface area contributed by atoms with E-state index in [1.807, 2.05) is 0 Å². The van der Waals surface area contributed by atoms with Crippen LogP contribution in [0.3, 0.4) is 0 Å². The predicted octanol–water partition coefficient (Wildman–Crippen LogP) is 3.16. The third kappa shape index (κ3) is 1.71. The van der Waals surface area contributed by atoms with Gasteiger partial charge < -0.3 is 4.98 Å². The number of pyridine rings is 1. The number of aromatic amines is 1. The van der Waals surface area contributed by atoms with Crippen LogP contribution in [0.5, 0.6) is 0 Å². The second kappa shape index (κ2) is 3.58. The van der Waals surface area contributed by atoms with Gasteiger partial charge in [0.2, 0.25) is 0 Å². The number of nitrogens with zero attached hydrogens (tertiary/aromatic N) is 1. The highest BCUT2D eigenvalue weighted by Crippen LogP contribution is 2.35. The van der Waals surface area contributed by atoms with Crippen molar-refractivity contribution in [3.05, 3.63) is 28.1 Å². The van der Waals surface area contributed by atoms with E-state index in [9.17, 15) is 18.0 Å². The Hall–Kier alpha value is -1.37. The lowest BCUT2D eigenvalue weighted by Crippen LogP contribution is -2.08. The van der Waals surface area contributed by atoms with Crippen LogP contribution in [0.2, 0.25) is 0 Å². The molecule has 0 bridgehead atoms. The average Bonchev–Trinajstić information content (AvgIpc) is 2.60. The van der Waals surface area contributed by atoms with Crippen molar-refractivity contribution in [3.63, 3.8) is 0 Å². The number of rotatable bonds is 1. The molecule has 0 radical (unpaired) electrons. The number of aromatic nitrogens is 2. The van der Waals surface area contributed by atoms with Crippen molar-refractivity contribution in [2.45, 2.75) is 6.18 Å². The van der Waals surface area contributed by atoms with Gasteiger partial charge in [0.1, 0.15) is 0 Å². The molecular weight excluding hydrogens is 289 g/mol. The van der Waals surface area contributed by atoms with Crippen LogP contribution in [0, 0.1) is 0 Å². The monoisotopic (exact) mass is 292 g/mol. The normalized spacial score (nSPS) is 12.0. The topological polar surface area (TPSA) is 45.8 Å². The predicted molar refractivity (Wildman–Crippen MR) is 54.2 cm³/mol. The minimum atomic E-state index is -4.54. The molecule has 0 fully saturated rings. The summed E-state index contributed by atoms with van der Waals surface area (Å²) in [5, 5.41) is -0.121. The standard InChI is InChI=1S/C9H4BrF3N2O/c10-6-2-14-8(9(11,12)13)5-1-4(3-16)15-7(5)6/h1-3,15H. The fraction of sp³-hybridized carbons (Fsp3) is 0.111. The molecular formula is C9H4BrF3N2O. The molecule has 0 aliphatic carbocycles. The minimum Gasteiger partial charge on any atom is -0.351 e. The lowest BCUT2D eigenvalue weighted by Gasteiger charge is -2.06. The third-order valence-corrected chi connectivity index (χ3v) is 2.64. The molecule has 3 nitrogen and oxygen atoms in total. The Morgan fingerprint density at radius 1 is 1.44 bits per heavy atom. The van der Waals surface area contributed by atoms with E-state index in [-0.39, 0.29) is 16.6 Å².